The molecule has 1 aromatic rings. The summed E-state index contributed by atoms with van der Waals surface area (Å²) in [5, 5.41) is 0.553. The van der Waals surface area contributed by atoms with E-state index in [0.29, 0.717) is 35.5 Å². The molecule has 1 aromatic carbocycles. The fourth-order valence-electron chi connectivity index (χ4n) is 1.75. The minimum absolute atomic E-state index is 0.0746. The van der Waals surface area contributed by atoms with Crippen LogP contribution in [-0.2, 0) is 11.2 Å². The zero-order chi connectivity index (χ0) is 13.1. The van der Waals surface area contributed by atoms with Gasteiger partial charge in [-0.2, -0.15) is 0 Å². The molecule has 2 rings (SSSR count). The van der Waals surface area contributed by atoms with Gasteiger partial charge in [-0.15, -0.1) is 0 Å². The Morgan fingerprint density at radius 1 is 1.39 bits per heavy atom. The van der Waals surface area contributed by atoms with Crippen LogP contribution in [0.15, 0.2) is 12.1 Å². The molecule has 0 spiro atoms. The average Bonchev–Trinajstić information content (AvgIpc) is 3.12. The Morgan fingerprint density at radius 3 is 2.67 bits per heavy atom. The number of hydrogen-bond donors (Lipinski definition) is 0. The SMILES string of the molecule is COc1cc(CC(C)=O)c(Cl)cc1OCC1CC1. The monoisotopic (exact) mass is 268 g/mol. The first-order valence-electron chi connectivity index (χ1n) is 6.08. The predicted octanol–water partition coefficient (Wildman–Crippen LogP) is 3.27. The van der Waals surface area contributed by atoms with Crippen molar-refractivity contribution in [1.29, 1.82) is 0 Å². The zero-order valence-electron chi connectivity index (χ0n) is 10.7. The highest BCUT2D eigenvalue weighted by Gasteiger charge is 2.23. The summed E-state index contributed by atoms with van der Waals surface area (Å²) < 4.78 is 11.0. The molecule has 1 fully saturated rings. The smallest absolute Gasteiger partial charge is 0.162 e. The van der Waals surface area contributed by atoms with E-state index in [4.69, 9.17) is 21.1 Å². The number of halogens is 1. The predicted molar refractivity (Wildman–Crippen MR) is 70.6 cm³/mol. The van der Waals surface area contributed by atoms with Crippen LogP contribution < -0.4 is 9.47 Å². The van der Waals surface area contributed by atoms with Gasteiger partial charge in [0.15, 0.2) is 11.5 Å². The first-order chi connectivity index (χ1) is 8.60. The highest BCUT2D eigenvalue weighted by molar-refractivity contribution is 6.31. The molecule has 0 amide bonds. The van der Waals surface area contributed by atoms with Gasteiger partial charge >= 0.3 is 0 Å². The van der Waals surface area contributed by atoms with Gasteiger partial charge in [-0.3, -0.25) is 4.79 Å². The van der Waals surface area contributed by atoms with Crippen molar-refractivity contribution in [3.8, 4) is 11.5 Å². The van der Waals surface area contributed by atoms with E-state index in [1.165, 1.54) is 12.8 Å². The van der Waals surface area contributed by atoms with Crippen LogP contribution in [-0.4, -0.2) is 19.5 Å². The largest absolute Gasteiger partial charge is 0.493 e. The van der Waals surface area contributed by atoms with Crippen molar-refractivity contribution in [2.24, 2.45) is 5.92 Å². The van der Waals surface area contributed by atoms with Crippen molar-refractivity contribution < 1.29 is 14.3 Å². The van der Waals surface area contributed by atoms with Crippen molar-refractivity contribution in [2.45, 2.75) is 26.2 Å². The summed E-state index contributed by atoms with van der Waals surface area (Å²) in [7, 11) is 1.59. The minimum atomic E-state index is 0.0746. The van der Waals surface area contributed by atoms with Crippen LogP contribution in [0.25, 0.3) is 0 Å². The summed E-state index contributed by atoms with van der Waals surface area (Å²) in [6, 6.07) is 3.52. The molecule has 98 valence electrons. The van der Waals surface area contributed by atoms with Crippen LogP contribution in [0.3, 0.4) is 0 Å². The van der Waals surface area contributed by atoms with Crippen molar-refractivity contribution in [3.05, 3.63) is 22.7 Å². The molecule has 0 aliphatic heterocycles. The second-order valence-corrected chi connectivity index (χ2v) is 5.13. The third-order valence-corrected chi connectivity index (χ3v) is 3.30. The normalized spacial score (nSPS) is 14.4. The molecule has 0 bridgehead atoms. The molecule has 3 nitrogen and oxygen atoms in total. The van der Waals surface area contributed by atoms with E-state index in [-0.39, 0.29) is 5.78 Å². The Labute approximate surface area is 112 Å². The third kappa shape index (κ3) is 3.39. The lowest BCUT2D eigenvalue weighted by Crippen LogP contribution is -2.03. The maximum absolute atomic E-state index is 11.1. The van der Waals surface area contributed by atoms with Crippen LogP contribution in [0.4, 0.5) is 0 Å². The number of carbonyl (C=O) groups excluding carboxylic acids is 1. The molecule has 18 heavy (non-hydrogen) atoms. The molecule has 1 aliphatic carbocycles. The second-order valence-electron chi connectivity index (χ2n) is 4.73. The molecule has 0 aromatic heterocycles. The quantitative estimate of drug-likeness (QED) is 0.794. The van der Waals surface area contributed by atoms with E-state index in [1.807, 2.05) is 0 Å². The highest BCUT2D eigenvalue weighted by atomic mass is 35.5. The first-order valence-corrected chi connectivity index (χ1v) is 6.46. The van der Waals surface area contributed by atoms with Crippen LogP contribution in [0, 0.1) is 5.92 Å². The minimum Gasteiger partial charge on any atom is -0.493 e. The van der Waals surface area contributed by atoms with Gasteiger partial charge in [0.25, 0.3) is 0 Å². The van der Waals surface area contributed by atoms with Crippen molar-refractivity contribution in [3.63, 3.8) is 0 Å². The first kappa shape index (κ1) is 13.2. The zero-order valence-corrected chi connectivity index (χ0v) is 11.4. The maximum Gasteiger partial charge on any atom is 0.162 e. The summed E-state index contributed by atoms with van der Waals surface area (Å²) in [5.41, 5.74) is 0.778. The molecule has 0 radical (unpaired) electrons. The van der Waals surface area contributed by atoms with Gasteiger partial charge in [0.1, 0.15) is 5.78 Å². The lowest BCUT2D eigenvalue weighted by atomic mass is 10.1. The molecular formula is C14H17ClO3. The molecular weight excluding hydrogens is 252 g/mol. The van der Waals surface area contributed by atoms with Gasteiger partial charge in [0, 0.05) is 17.5 Å². The van der Waals surface area contributed by atoms with E-state index in [0.717, 1.165) is 5.56 Å². The van der Waals surface area contributed by atoms with Crippen LogP contribution in [0.1, 0.15) is 25.3 Å². The molecule has 0 saturated heterocycles. The topological polar surface area (TPSA) is 35.5 Å². The van der Waals surface area contributed by atoms with Crippen molar-refractivity contribution in [2.75, 3.05) is 13.7 Å². The Morgan fingerprint density at radius 2 is 2.11 bits per heavy atom. The van der Waals surface area contributed by atoms with Gasteiger partial charge in [0.2, 0.25) is 0 Å². The molecule has 1 aliphatic rings. The highest BCUT2D eigenvalue weighted by Crippen LogP contribution is 2.36. The maximum atomic E-state index is 11.1. The fraction of sp³-hybridized carbons (Fsp3) is 0.500. The summed E-state index contributed by atoms with van der Waals surface area (Å²) in [4.78, 5) is 11.1. The van der Waals surface area contributed by atoms with Crippen LogP contribution in [0.2, 0.25) is 5.02 Å². The lowest BCUT2D eigenvalue weighted by Gasteiger charge is -2.13. The van der Waals surface area contributed by atoms with Gasteiger partial charge in [-0.1, -0.05) is 11.6 Å². The second kappa shape index (κ2) is 5.61. The molecule has 0 unspecified atom stereocenters. The van der Waals surface area contributed by atoms with E-state index in [1.54, 1.807) is 26.2 Å². The summed E-state index contributed by atoms with van der Waals surface area (Å²) >= 11 is 6.15. The number of benzene rings is 1. The number of hydrogen-bond acceptors (Lipinski definition) is 3. The molecule has 1 saturated carbocycles. The van der Waals surface area contributed by atoms with E-state index >= 15 is 0 Å². The van der Waals surface area contributed by atoms with E-state index in [2.05, 4.69) is 0 Å². The summed E-state index contributed by atoms with van der Waals surface area (Å²) in [5.74, 6) is 2.04. The van der Waals surface area contributed by atoms with Gasteiger partial charge in [0.05, 0.1) is 13.7 Å². The van der Waals surface area contributed by atoms with Gasteiger partial charge in [-0.25, -0.2) is 0 Å². The van der Waals surface area contributed by atoms with Gasteiger partial charge in [-0.05, 0) is 37.3 Å². The third-order valence-electron chi connectivity index (χ3n) is 2.94. The molecule has 0 N–H and O–H groups in total. The Bertz CT molecular complexity index is 453. The van der Waals surface area contributed by atoms with Crippen LogP contribution >= 0.6 is 11.6 Å². The van der Waals surface area contributed by atoms with E-state index in [9.17, 15) is 4.79 Å². The Hall–Kier alpha value is -1.22. The number of rotatable bonds is 6. The van der Waals surface area contributed by atoms with Crippen molar-refractivity contribution in [1.82, 2.24) is 0 Å². The molecule has 0 heterocycles. The molecule has 0 atom stereocenters. The summed E-state index contributed by atoms with van der Waals surface area (Å²) in [6.45, 7) is 2.25. The Kier molecular flexibility index (Phi) is 4.12. The van der Waals surface area contributed by atoms with Crippen molar-refractivity contribution >= 4 is 17.4 Å². The lowest BCUT2D eigenvalue weighted by molar-refractivity contribution is -0.116. The number of Topliss-reactive ketones (excluding diaryl/α,β-unsaturated/α-hetero) is 1. The Balaban J connectivity index is 2.17. The average molecular weight is 269 g/mol. The van der Waals surface area contributed by atoms with E-state index < -0.39 is 0 Å². The number of ether oxygens (including phenoxy) is 2. The number of carbonyl (C=O) groups is 1. The molecule has 4 heteroatoms. The standard InChI is InChI=1S/C14H17ClO3/c1-9(16)5-11-6-13(17-2)14(7-12(11)15)18-8-10-3-4-10/h6-7,10H,3-5,8H2,1-2H3. The van der Waals surface area contributed by atoms with Gasteiger partial charge < -0.3 is 9.47 Å². The number of ketones is 1. The fourth-order valence-corrected chi connectivity index (χ4v) is 1.97. The van der Waals surface area contributed by atoms with Crippen LogP contribution in [0.5, 0.6) is 11.5 Å². The summed E-state index contributed by atoms with van der Waals surface area (Å²) in [6.07, 6.45) is 2.79. The number of methoxy groups -OCH3 is 1.